The Bertz CT molecular complexity index is 1940. The number of fused-ring (bicyclic) bond motifs is 4. The van der Waals surface area contributed by atoms with Gasteiger partial charge >= 0.3 is 21.1 Å². The van der Waals surface area contributed by atoms with Gasteiger partial charge in [0.2, 0.25) is 0 Å². The first-order valence-electron chi connectivity index (χ1n) is 12.2. The van der Waals surface area contributed by atoms with Gasteiger partial charge < -0.3 is 9.30 Å². The van der Waals surface area contributed by atoms with Gasteiger partial charge in [-0.3, -0.25) is 4.98 Å². The third-order valence-electron chi connectivity index (χ3n) is 6.55. The Labute approximate surface area is 234 Å². The van der Waals surface area contributed by atoms with E-state index >= 15 is 0 Å². The van der Waals surface area contributed by atoms with E-state index in [1.165, 1.54) is 0 Å². The van der Waals surface area contributed by atoms with Crippen molar-refractivity contribution in [1.82, 2.24) is 14.5 Å². The molecule has 4 nitrogen and oxygen atoms in total. The molecule has 0 unspecified atom stereocenters. The average molecular weight is 671 g/mol. The maximum absolute atomic E-state index is 6.27. The van der Waals surface area contributed by atoms with Gasteiger partial charge in [-0.2, -0.15) is 6.07 Å². The summed E-state index contributed by atoms with van der Waals surface area (Å²) < 4.78 is 8.42. The third kappa shape index (κ3) is 4.27. The zero-order valence-electron chi connectivity index (χ0n) is 20.5. The van der Waals surface area contributed by atoms with Crippen molar-refractivity contribution in [2.45, 2.75) is 6.92 Å². The van der Waals surface area contributed by atoms with E-state index in [4.69, 9.17) is 9.72 Å². The second-order valence-electron chi connectivity index (χ2n) is 9.05. The van der Waals surface area contributed by atoms with E-state index in [0.29, 0.717) is 11.5 Å². The van der Waals surface area contributed by atoms with Crippen molar-refractivity contribution < 1.29 is 25.8 Å². The molecule has 3 aromatic heterocycles. The van der Waals surface area contributed by atoms with E-state index in [1.54, 1.807) is 0 Å². The maximum atomic E-state index is 6.27. The molecule has 0 saturated carbocycles. The molecule has 0 fully saturated rings. The van der Waals surface area contributed by atoms with Gasteiger partial charge in [0.15, 0.2) is 0 Å². The van der Waals surface area contributed by atoms with Crippen molar-refractivity contribution >= 4 is 32.7 Å². The first-order valence-corrected chi connectivity index (χ1v) is 12.2. The molecule has 0 amide bonds. The Kier molecular flexibility index (Phi) is 6.27. The van der Waals surface area contributed by atoms with Crippen molar-refractivity contribution in [3.05, 3.63) is 127 Å². The summed E-state index contributed by atoms with van der Waals surface area (Å²) in [5.41, 5.74) is 5.84. The number of aryl methyl sites for hydroxylation is 1. The second-order valence-corrected chi connectivity index (χ2v) is 9.05. The van der Waals surface area contributed by atoms with Gasteiger partial charge in [-0.1, -0.05) is 60.1 Å². The smallest absolute Gasteiger partial charge is 0.503 e. The van der Waals surface area contributed by atoms with Gasteiger partial charge in [0.05, 0.1) is 5.52 Å². The number of ether oxygens (including phenoxy) is 1. The van der Waals surface area contributed by atoms with Gasteiger partial charge in [-0.25, -0.2) is 4.98 Å². The van der Waals surface area contributed by atoms with Crippen LogP contribution in [0.15, 0.2) is 109 Å². The molecule has 0 spiro atoms. The molecule has 0 aliphatic rings. The number of para-hydroxylation sites is 2. The predicted molar refractivity (Wildman–Crippen MR) is 148 cm³/mol. The normalized spacial score (nSPS) is 11.1. The van der Waals surface area contributed by atoms with Gasteiger partial charge in [0.1, 0.15) is 5.82 Å². The quantitative estimate of drug-likeness (QED) is 0.178. The monoisotopic (exact) mass is 670 g/mol. The molecule has 0 atom stereocenters. The Morgan fingerprint density at radius 1 is 0.737 bits per heavy atom. The molecular weight excluding hydrogens is 649 g/mol. The summed E-state index contributed by atoms with van der Waals surface area (Å²) in [6.45, 7) is 2.07. The van der Waals surface area contributed by atoms with Crippen LogP contribution >= 0.6 is 0 Å². The van der Waals surface area contributed by atoms with Crippen molar-refractivity contribution in [2.24, 2.45) is 0 Å². The molecular formula is C33H21N3OPt. The molecule has 0 aliphatic heterocycles. The first-order chi connectivity index (χ1) is 18.2. The molecule has 0 radical (unpaired) electrons. The van der Waals surface area contributed by atoms with Crippen LogP contribution in [-0.4, -0.2) is 14.5 Å². The van der Waals surface area contributed by atoms with Crippen LogP contribution in [0.5, 0.6) is 11.5 Å². The van der Waals surface area contributed by atoms with Gasteiger partial charge in [0.25, 0.3) is 0 Å². The number of pyridine rings is 2. The van der Waals surface area contributed by atoms with E-state index in [2.05, 4.69) is 71.1 Å². The van der Waals surface area contributed by atoms with E-state index in [9.17, 15) is 0 Å². The van der Waals surface area contributed by atoms with E-state index in [1.807, 2.05) is 66.9 Å². The number of aromatic nitrogens is 3. The summed E-state index contributed by atoms with van der Waals surface area (Å²) in [6, 6.07) is 41.4. The van der Waals surface area contributed by atoms with E-state index in [-0.39, 0.29) is 21.1 Å². The van der Waals surface area contributed by atoms with Crippen LogP contribution in [0.3, 0.4) is 0 Å². The zero-order valence-corrected chi connectivity index (χ0v) is 22.7. The Hall–Kier alpha value is -4.27. The average Bonchev–Trinajstić information content (AvgIpc) is 3.26. The summed E-state index contributed by atoms with van der Waals surface area (Å²) in [6.07, 6.45) is 1.84. The fourth-order valence-electron chi connectivity index (χ4n) is 4.81. The fourth-order valence-corrected chi connectivity index (χ4v) is 4.81. The Morgan fingerprint density at radius 3 is 2.50 bits per heavy atom. The summed E-state index contributed by atoms with van der Waals surface area (Å²) in [4.78, 5) is 9.46. The Morgan fingerprint density at radius 2 is 1.58 bits per heavy atom. The molecule has 0 bridgehead atoms. The number of hydrogen-bond acceptors (Lipinski definition) is 3. The van der Waals surface area contributed by atoms with Crippen LogP contribution in [-0.2, 0) is 21.1 Å². The van der Waals surface area contributed by atoms with Gasteiger partial charge in [0, 0.05) is 23.2 Å². The summed E-state index contributed by atoms with van der Waals surface area (Å²) in [5, 5.41) is 3.36. The second kappa shape index (κ2) is 9.89. The zero-order chi connectivity index (χ0) is 24.8. The van der Waals surface area contributed by atoms with Crippen molar-refractivity contribution in [3.63, 3.8) is 0 Å². The fraction of sp³-hybridized carbons (Fsp3) is 0.0303. The van der Waals surface area contributed by atoms with Crippen LogP contribution < -0.4 is 4.74 Å². The minimum absolute atomic E-state index is 0. The molecule has 5 heteroatoms. The largest absolute Gasteiger partial charge is 2.00 e. The minimum atomic E-state index is 0. The number of rotatable bonds is 4. The summed E-state index contributed by atoms with van der Waals surface area (Å²) >= 11 is 0. The summed E-state index contributed by atoms with van der Waals surface area (Å²) in [7, 11) is 0. The maximum Gasteiger partial charge on any atom is 2.00 e. The van der Waals surface area contributed by atoms with Crippen molar-refractivity contribution in [2.75, 3.05) is 0 Å². The SMILES string of the molecule is Cc1ccnc(-n2c3[c-]c(Oc4[c-]c(-c5ccc6ccccc6n5)ccc4)ccc3c3ccccc32)c1.[Pt+2]. The first kappa shape index (κ1) is 24.1. The summed E-state index contributed by atoms with van der Waals surface area (Å²) in [5.74, 6) is 2.08. The Balaban J connectivity index is 0.00000264. The van der Waals surface area contributed by atoms with E-state index in [0.717, 1.165) is 55.3 Å². The molecule has 184 valence electrons. The standard InChI is InChI=1S/C33H21N3O.Pt/c1-22-17-18-34-33(19-22)36-31-12-5-3-10-27(31)28-15-14-26(21-32(28)36)37-25-9-6-8-24(20-25)30-16-13-23-7-2-4-11-29(23)35-30;/h2-19H,1H3;/q-2;+2. The van der Waals surface area contributed by atoms with Crippen molar-refractivity contribution in [1.29, 1.82) is 0 Å². The third-order valence-corrected chi connectivity index (χ3v) is 6.55. The number of benzene rings is 4. The number of hydrogen-bond donors (Lipinski definition) is 0. The molecule has 7 rings (SSSR count). The van der Waals surface area contributed by atoms with Crippen LogP contribution in [0.4, 0.5) is 0 Å². The van der Waals surface area contributed by atoms with Crippen LogP contribution in [0.1, 0.15) is 5.56 Å². The molecule has 38 heavy (non-hydrogen) atoms. The molecule has 0 N–H and O–H groups in total. The van der Waals surface area contributed by atoms with Gasteiger partial charge in [-0.05, 0) is 53.2 Å². The molecule has 0 saturated heterocycles. The van der Waals surface area contributed by atoms with E-state index < -0.39 is 0 Å². The molecule has 7 aromatic rings. The molecule has 3 heterocycles. The van der Waals surface area contributed by atoms with Crippen LogP contribution in [0.2, 0.25) is 0 Å². The molecule has 4 aromatic carbocycles. The number of nitrogens with zero attached hydrogens (tertiary/aromatic N) is 3. The molecule has 0 aliphatic carbocycles. The predicted octanol–water partition coefficient (Wildman–Crippen LogP) is 8.09. The minimum Gasteiger partial charge on any atom is -0.503 e. The van der Waals surface area contributed by atoms with Gasteiger partial charge in [-0.15, -0.1) is 41.3 Å². The van der Waals surface area contributed by atoms with Crippen molar-refractivity contribution in [3.8, 4) is 28.6 Å². The topological polar surface area (TPSA) is 39.9 Å². The van der Waals surface area contributed by atoms with Crippen LogP contribution in [0, 0.1) is 19.1 Å². The van der Waals surface area contributed by atoms with Crippen LogP contribution in [0.25, 0.3) is 49.8 Å².